The molecule has 0 unspecified atom stereocenters. The molecule has 0 radical (unpaired) electrons. The molecule has 1 heterocycles. The molecule has 0 saturated heterocycles. The molecule has 0 aliphatic carbocycles. The Morgan fingerprint density at radius 3 is 3.17 bits per heavy atom. The van der Waals surface area contributed by atoms with Crippen molar-refractivity contribution in [1.82, 2.24) is 15.2 Å². The summed E-state index contributed by atoms with van der Waals surface area (Å²) in [6.45, 7) is 1.39. The van der Waals surface area contributed by atoms with Gasteiger partial charge < -0.3 is 4.74 Å². The van der Waals surface area contributed by atoms with Crippen LogP contribution < -0.4 is 10.9 Å². The van der Waals surface area contributed by atoms with Crippen molar-refractivity contribution in [2.24, 2.45) is 5.84 Å². The van der Waals surface area contributed by atoms with Crippen LogP contribution in [0.3, 0.4) is 0 Å². The van der Waals surface area contributed by atoms with Crippen LogP contribution in [0.2, 0.25) is 0 Å². The minimum atomic E-state index is 0.575. The molecule has 0 atom stereocenters. The van der Waals surface area contributed by atoms with E-state index < -0.39 is 0 Å². The van der Waals surface area contributed by atoms with E-state index in [1.807, 2.05) is 0 Å². The van der Waals surface area contributed by atoms with Crippen molar-refractivity contribution in [2.75, 3.05) is 25.3 Å². The molecule has 1 aromatic rings. The summed E-state index contributed by atoms with van der Waals surface area (Å²) in [7, 11) is 1.66. The Morgan fingerprint density at radius 1 is 1.75 bits per heavy atom. The predicted molar refractivity (Wildman–Crippen MR) is 44.4 cm³/mol. The van der Waals surface area contributed by atoms with Crippen LogP contribution in [0.1, 0.15) is 6.42 Å². The van der Waals surface area contributed by atoms with Gasteiger partial charge in [0.25, 0.3) is 0 Å². The molecular formula is C6H13N5O. The quantitative estimate of drug-likeness (QED) is 0.355. The Morgan fingerprint density at radius 2 is 2.58 bits per heavy atom. The van der Waals surface area contributed by atoms with Gasteiger partial charge in [-0.15, -0.1) is 0 Å². The number of aromatic amines is 1. The van der Waals surface area contributed by atoms with Crippen LogP contribution in [-0.2, 0) is 4.74 Å². The number of aromatic nitrogens is 3. The summed E-state index contributed by atoms with van der Waals surface area (Å²) in [6.07, 6.45) is 2.29. The van der Waals surface area contributed by atoms with Crippen LogP contribution in [0.4, 0.5) is 5.95 Å². The molecular weight excluding hydrogens is 158 g/mol. The summed E-state index contributed by atoms with van der Waals surface area (Å²) in [5, 5.41) is 7.85. The Balaban J connectivity index is 2.25. The van der Waals surface area contributed by atoms with E-state index in [0.717, 1.165) is 6.42 Å². The van der Waals surface area contributed by atoms with Crippen LogP contribution in [0.5, 0.6) is 0 Å². The van der Waals surface area contributed by atoms with Crippen molar-refractivity contribution in [3.63, 3.8) is 0 Å². The lowest BCUT2D eigenvalue weighted by molar-refractivity contribution is 0.196. The molecule has 0 bridgehead atoms. The number of hydrogen-bond donors (Lipinski definition) is 2. The van der Waals surface area contributed by atoms with E-state index in [0.29, 0.717) is 19.1 Å². The van der Waals surface area contributed by atoms with Crippen molar-refractivity contribution in [3.8, 4) is 0 Å². The van der Waals surface area contributed by atoms with Gasteiger partial charge in [-0.05, 0) is 6.42 Å². The summed E-state index contributed by atoms with van der Waals surface area (Å²) >= 11 is 0. The van der Waals surface area contributed by atoms with Gasteiger partial charge in [0, 0.05) is 20.3 Å². The standard InChI is InChI=1S/C6H13N5O/c1-12-4-2-3-11(7)6-8-5-9-10-6/h5H,2-4,7H2,1H3,(H,8,9,10). The average Bonchev–Trinajstić information content (AvgIpc) is 2.56. The fourth-order valence-electron chi connectivity index (χ4n) is 0.823. The van der Waals surface area contributed by atoms with Crippen molar-refractivity contribution >= 4 is 5.95 Å². The first-order chi connectivity index (χ1) is 5.84. The molecule has 0 aliphatic heterocycles. The second kappa shape index (κ2) is 4.68. The van der Waals surface area contributed by atoms with Crippen LogP contribution in [0.25, 0.3) is 0 Å². The highest BCUT2D eigenvalue weighted by molar-refractivity contribution is 5.22. The summed E-state index contributed by atoms with van der Waals surface area (Å²) in [6, 6.07) is 0. The fourth-order valence-corrected chi connectivity index (χ4v) is 0.823. The van der Waals surface area contributed by atoms with Gasteiger partial charge in [0.15, 0.2) is 0 Å². The SMILES string of the molecule is COCCCN(N)c1ncn[nH]1. The zero-order chi connectivity index (χ0) is 8.81. The van der Waals surface area contributed by atoms with E-state index in [1.165, 1.54) is 11.3 Å². The first-order valence-electron chi connectivity index (χ1n) is 3.71. The minimum absolute atomic E-state index is 0.575. The maximum atomic E-state index is 5.62. The van der Waals surface area contributed by atoms with Crippen molar-refractivity contribution in [3.05, 3.63) is 6.33 Å². The number of rotatable bonds is 5. The lowest BCUT2D eigenvalue weighted by Gasteiger charge is -2.13. The summed E-state index contributed by atoms with van der Waals surface area (Å²) < 4.78 is 4.88. The van der Waals surface area contributed by atoms with Crippen LogP contribution in [0, 0.1) is 0 Å². The van der Waals surface area contributed by atoms with Gasteiger partial charge in [0.05, 0.1) is 0 Å². The maximum absolute atomic E-state index is 5.62. The molecule has 0 aromatic carbocycles. The van der Waals surface area contributed by atoms with E-state index in [2.05, 4.69) is 15.2 Å². The zero-order valence-electron chi connectivity index (χ0n) is 7.03. The zero-order valence-corrected chi connectivity index (χ0v) is 7.03. The van der Waals surface area contributed by atoms with E-state index in [4.69, 9.17) is 10.6 Å². The summed E-state index contributed by atoms with van der Waals surface area (Å²) in [5.41, 5.74) is 0. The number of H-pyrrole nitrogens is 1. The number of hydrazine groups is 1. The molecule has 6 nitrogen and oxygen atoms in total. The van der Waals surface area contributed by atoms with Crippen molar-refractivity contribution < 1.29 is 4.74 Å². The third kappa shape index (κ3) is 2.48. The van der Waals surface area contributed by atoms with E-state index in [1.54, 1.807) is 7.11 Å². The Labute approximate surface area is 70.7 Å². The second-order valence-electron chi connectivity index (χ2n) is 2.35. The molecule has 0 aliphatic rings. The summed E-state index contributed by atoms with van der Waals surface area (Å²) in [4.78, 5) is 3.89. The first kappa shape index (κ1) is 8.95. The van der Waals surface area contributed by atoms with Crippen molar-refractivity contribution in [2.45, 2.75) is 6.42 Å². The molecule has 12 heavy (non-hydrogen) atoms. The van der Waals surface area contributed by atoms with Gasteiger partial charge in [-0.25, -0.2) is 10.9 Å². The molecule has 68 valence electrons. The van der Waals surface area contributed by atoms with E-state index in [9.17, 15) is 0 Å². The number of nitrogens with one attached hydrogen (secondary N) is 1. The lowest BCUT2D eigenvalue weighted by Crippen LogP contribution is -2.33. The number of ether oxygens (including phenoxy) is 1. The number of nitrogens with zero attached hydrogens (tertiary/aromatic N) is 3. The predicted octanol–water partition coefficient (Wildman–Crippen LogP) is -0.479. The molecule has 0 saturated carbocycles. The third-order valence-electron chi connectivity index (χ3n) is 1.42. The highest BCUT2D eigenvalue weighted by Crippen LogP contribution is 1.98. The lowest BCUT2D eigenvalue weighted by atomic mass is 10.4. The topological polar surface area (TPSA) is 80.1 Å². The number of nitrogens with two attached hydrogens (primary N) is 1. The minimum Gasteiger partial charge on any atom is -0.385 e. The van der Waals surface area contributed by atoms with Crippen LogP contribution >= 0.6 is 0 Å². The van der Waals surface area contributed by atoms with Crippen LogP contribution in [0.15, 0.2) is 6.33 Å². The fraction of sp³-hybridized carbons (Fsp3) is 0.667. The normalized spacial score (nSPS) is 10.2. The average molecular weight is 171 g/mol. The number of anilines is 1. The van der Waals surface area contributed by atoms with Gasteiger partial charge in [-0.1, -0.05) is 0 Å². The van der Waals surface area contributed by atoms with Crippen LogP contribution in [-0.4, -0.2) is 35.4 Å². The molecule has 3 N–H and O–H groups in total. The second-order valence-corrected chi connectivity index (χ2v) is 2.35. The van der Waals surface area contributed by atoms with E-state index >= 15 is 0 Å². The summed E-state index contributed by atoms with van der Waals surface area (Å²) in [5.74, 6) is 6.20. The molecule has 0 fully saturated rings. The molecule has 6 heteroatoms. The largest absolute Gasteiger partial charge is 0.385 e. The highest BCUT2D eigenvalue weighted by Gasteiger charge is 2.02. The first-order valence-corrected chi connectivity index (χ1v) is 3.71. The number of hydrogen-bond acceptors (Lipinski definition) is 5. The van der Waals surface area contributed by atoms with Gasteiger partial charge >= 0.3 is 0 Å². The number of methoxy groups -OCH3 is 1. The third-order valence-corrected chi connectivity index (χ3v) is 1.42. The molecule has 0 spiro atoms. The van der Waals surface area contributed by atoms with Crippen molar-refractivity contribution in [1.29, 1.82) is 0 Å². The van der Waals surface area contributed by atoms with Gasteiger partial charge in [0.2, 0.25) is 5.95 Å². The molecule has 1 aromatic heterocycles. The van der Waals surface area contributed by atoms with Gasteiger partial charge in [0.1, 0.15) is 6.33 Å². The smallest absolute Gasteiger partial charge is 0.235 e. The Hall–Kier alpha value is -1.14. The highest BCUT2D eigenvalue weighted by atomic mass is 16.5. The Kier molecular flexibility index (Phi) is 3.49. The molecule has 1 rings (SSSR count). The van der Waals surface area contributed by atoms with Gasteiger partial charge in [-0.3, -0.25) is 5.01 Å². The Bertz CT molecular complexity index is 200. The molecule has 0 amide bonds. The maximum Gasteiger partial charge on any atom is 0.235 e. The monoisotopic (exact) mass is 171 g/mol. The van der Waals surface area contributed by atoms with Gasteiger partial charge in [-0.2, -0.15) is 10.1 Å². The van der Waals surface area contributed by atoms with E-state index in [-0.39, 0.29) is 0 Å².